The van der Waals surface area contributed by atoms with Crippen LogP contribution in [0.25, 0.3) is 11.1 Å². The number of benzene rings is 2. The fraction of sp³-hybridized carbons (Fsp3) is 0.292. The standard InChI is InChI=1S/C24H24O2S/c1-15-4-7-18(8-5-15)19-9-10-21(17(3)13-19)26-24(25)23-14-20-12-16(2)6-11-22(20)27-23/h4-5,7-10,13-14,16H,6,11-12H2,1-3H3/t16-/m0/s1. The lowest BCUT2D eigenvalue weighted by Crippen LogP contribution is -2.08. The van der Waals surface area contributed by atoms with E-state index in [0.717, 1.165) is 28.8 Å². The highest BCUT2D eigenvalue weighted by molar-refractivity contribution is 7.14. The van der Waals surface area contributed by atoms with Crippen LogP contribution < -0.4 is 4.74 Å². The fourth-order valence-electron chi connectivity index (χ4n) is 3.65. The smallest absolute Gasteiger partial charge is 0.353 e. The van der Waals surface area contributed by atoms with Crippen molar-refractivity contribution in [2.45, 2.75) is 40.0 Å². The first kappa shape index (κ1) is 18.0. The van der Waals surface area contributed by atoms with Crippen LogP contribution >= 0.6 is 11.3 Å². The lowest BCUT2D eigenvalue weighted by atomic mass is 9.90. The van der Waals surface area contributed by atoms with Crippen molar-refractivity contribution in [3.05, 3.63) is 75.0 Å². The molecule has 1 aliphatic rings. The third kappa shape index (κ3) is 3.84. The molecule has 1 atom stereocenters. The number of esters is 1. The van der Waals surface area contributed by atoms with E-state index in [0.29, 0.717) is 11.7 Å². The van der Waals surface area contributed by atoms with E-state index < -0.39 is 0 Å². The molecule has 0 unspecified atom stereocenters. The van der Waals surface area contributed by atoms with Crippen LogP contribution in [-0.4, -0.2) is 5.97 Å². The van der Waals surface area contributed by atoms with Crippen molar-refractivity contribution in [3.63, 3.8) is 0 Å². The molecule has 1 aliphatic carbocycles. The van der Waals surface area contributed by atoms with Gasteiger partial charge in [-0.05, 0) is 79.5 Å². The average molecular weight is 377 g/mol. The molecule has 0 amide bonds. The first-order valence-electron chi connectivity index (χ1n) is 9.51. The van der Waals surface area contributed by atoms with Gasteiger partial charge in [-0.2, -0.15) is 0 Å². The Balaban J connectivity index is 1.52. The van der Waals surface area contributed by atoms with E-state index in [9.17, 15) is 4.79 Å². The number of carbonyl (C=O) groups excluding carboxylic acids is 1. The van der Waals surface area contributed by atoms with Gasteiger partial charge in [-0.3, -0.25) is 0 Å². The fourth-order valence-corrected chi connectivity index (χ4v) is 4.73. The van der Waals surface area contributed by atoms with Crippen molar-refractivity contribution in [2.75, 3.05) is 0 Å². The van der Waals surface area contributed by atoms with Crippen LogP contribution in [0.4, 0.5) is 0 Å². The Hall–Kier alpha value is -2.39. The van der Waals surface area contributed by atoms with E-state index in [2.05, 4.69) is 44.2 Å². The molecule has 3 heteroatoms. The lowest BCUT2D eigenvalue weighted by molar-refractivity contribution is 0.0738. The SMILES string of the molecule is Cc1ccc(-c2ccc(OC(=O)c3cc4c(s3)CC[C@H](C)C4)c(C)c2)cc1. The zero-order chi connectivity index (χ0) is 19.0. The van der Waals surface area contributed by atoms with E-state index in [4.69, 9.17) is 4.74 Å². The number of aryl methyl sites for hydroxylation is 3. The number of rotatable bonds is 3. The minimum atomic E-state index is -0.242. The van der Waals surface area contributed by atoms with Gasteiger partial charge in [-0.1, -0.05) is 42.8 Å². The third-order valence-electron chi connectivity index (χ3n) is 5.29. The van der Waals surface area contributed by atoms with Crippen molar-refractivity contribution >= 4 is 17.3 Å². The summed E-state index contributed by atoms with van der Waals surface area (Å²) in [7, 11) is 0. The molecule has 0 bridgehead atoms. The van der Waals surface area contributed by atoms with Crippen molar-refractivity contribution < 1.29 is 9.53 Å². The summed E-state index contributed by atoms with van der Waals surface area (Å²) in [6.07, 6.45) is 3.36. The van der Waals surface area contributed by atoms with Crippen LogP contribution in [-0.2, 0) is 12.8 Å². The first-order valence-corrected chi connectivity index (χ1v) is 10.3. The van der Waals surface area contributed by atoms with Crippen molar-refractivity contribution in [2.24, 2.45) is 5.92 Å². The summed E-state index contributed by atoms with van der Waals surface area (Å²) in [6.45, 7) is 6.35. The Labute approximate surface area is 164 Å². The molecule has 0 saturated carbocycles. The van der Waals surface area contributed by atoms with E-state index in [1.165, 1.54) is 28.0 Å². The summed E-state index contributed by atoms with van der Waals surface area (Å²) < 4.78 is 5.72. The van der Waals surface area contributed by atoms with Gasteiger partial charge >= 0.3 is 5.97 Å². The second-order valence-electron chi connectivity index (χ2n) is 7.64. The molecule has 0 saturated heterocycles. The molecule has 2 nitrogen and oxygen atoms in total. The number of hydrogen-bond acceptors (Lipinski definition) is 3. The Bertz CT molecular complexity index is 982. The van der Waals surface area contributed by atoms with Gasteiger partial charge in [0.2, 0.25) is 0 Å². The summed E-state index contributed by atoms with van der Waals surface area (Å²) in [5.74, 6) is 1.09. The highest BCUT2D eigenvalue weighted by Crippen LogP contribution is 2.33. The number of fused-ring (bicyclic) bond motifs is 1. The van der Waals surface area contributed by atoms with Gasteiger partial charge in [0.05, 0.1) is 0 Å². The third-order valence-corrected chi connectivity index (χ3v) is 6.51. The molecule has 0 radical (unpaired) electrons. The zero-order valence-electron chi connectivity index (χ0n) is 16.0. The zero-order valence-corrected chi connectivity index (χ0v) is 16.9. The molecule has 0 fully saturated rings. The van der Waals surface area contributed by atoms with Gasteiger partial charge in [0.15, 0.2) is 0 Å². The minimum Gasteiger partial charge on any atom is -0.422 e. The molecule has 138 valence electrons. The molecule has 0 aliphatic heterocycles. The largest absolute Gasteiger partial charge is 0.422 e. The van der Waals surface area contributed by atoms with E-state index in [1.54, 1.807) is 11.3 Å². The molecule has 1 aromatic heterocycles. The summed E-state index contributed by atoms with van der Waals surface area (Å²) in [5.41, 5.74) is 5.84. The molecule has 0 spiro atoms. The average Bonchev–Trinajstić information content (AvgIpc) is 3.07. The monoisotopic (exact) mass is 376 g/mol. The van der Waals surface area contributed by atoms with Crippen LogP contribution in [0.2, 0.25) is 0 Å². The second kappa shape index (κ2) is 7.32. The first-order chi connectivity index (χ1) is 13.0. The quantitative estimate of drug-likeness (QED) is 0.392. The Kier molecular flexibility index (Phi) is 4.88. The predicted octanol–water partition coefficient (Wildman–Crippen LogP) is 6.38. The molecule has 4 rings (SSSR count). The molecular weight excluding hydrogens is 352 g/mol. The maximum atomic E-state index is 12.6. The van der Waals surface area contributed by atoms with Crippen LogP contribution in [0.1, 0.15) is 44.6 Å². The van der Waals surface area contributed by atoms with E-state index in [1.807, 2.05) is 25.1 Å². The molecule has 0 N–H and O–H groups in total. The summed E-state index contributed by atoms with van der Waals surface area (Å²) in [5, 5.41) is 0. The Morgan fingerprint density at radius 1 is 1.04 bits per heavy atom. The highest BCUT2D eigenvalue weighted by atomic mass is 32.1. The topological polar surface area (TPSA) is 26.3 Å². The summed E-state index contributed by atoms with van der Waals surface area (Å²) >= 11 is 1.60. The van der Waals surface area contributed by atoms with E-state index in [-0.39, 0.29) is 5.97 Å². The Morgan fingerprint density at radius 2 is 1.78 bits per heavy atom. The molecule has 1 heterocycles. The lowest BCUT2D eigenvalue weighted by Gasteiger charge is -2.16. The van der Waals surface area contributed by atoms with Gasteiger partial charge in [-0.15, -0.1) is 11.3 Å². The number of thiophene rings is 1. The summed E-state index contributed by atoms with van der Waals surface area (Å²) in [6, 6.07) is 16.5. The molecule has 27 heavy (non-hydrogen) atoms. The Morgan fingerprint density at radius 3 is 2.52 bits per heavy atom. The van der Waals surface area contributed by atoms with Crippen molar-refractivity contribution in [1.29, 1.82) is 0 Å². The van der Waals surface area contributed by atoms with Gasteiger partial charge in [0, 0.05) is 4.88 Å². The normalized spacial score (nSPS) is 16.0. The van der Waals surface area contributed by atoms with E-state index >= 15 is 0 Å². The van der Waals surface area contributed by atoms with Gasteiger partial charge in [0.25, 0.3) is 0 Å². The van der Waals surface area contributed by atoms with Crippen LogP contribution in [0, 0.1) is 19.8 Å². The van der Waals surface area contributed by atoms with Gasteiger partial charge < -0.3 is 4.74 Å². The van der Waals surface area contributed by atoms with Crippen LogP contribution in [0.3, 0.4) is 0 Å². The molecule has 2 aromatic carbocycles. The second-order valence-corrected chi connectivity index (χ2v) is 8.78. The molecule has 3 aromatic rings. The van der Waals surface area contributed by atoms with Gasteiger partial charge in [-0.25, -0.2) is 4.79 Å². The van der Waals surface area contributed by atoms with Crippen LogP contribution in [0.5, 0.6) is 5.75 Å². The van der Waals surface area contributed by atoms with Crippen LogP contribution in [0.15, 0.2) is 48.5 Å². The van der Waals surface area contributed by atoms with Gasteiger partial charge in [0.1, 0.15) is 10.6 Å². The van der Waals surface area contributed by atoms with Crippen molar-refractivity contribution in [1.82, 2.24) is 0 Å². The maximum absolute atomic E-state index is 12.6. The number of hydrogen-bond donors (Lipinski definition) is 0. The summed E-state index contributed by atoms with van der Waals surface area (Å²) in [4.78, 5) is 14.7. The maximum Gasteiger partial charge on any atom is 0.353 e. The highest BCUT2D eigenvalue weighted by Gasteiger charge is 2.22. The minimum absolute atomic E-state index is 0.242. The van der Waals surface area contributed by atoms with Crippen molar-refractivity contribution in [3.8, 4) is 16.9 Å². The number of carbonyl (C=O) groups is 1. The predicted molar refractivity (Wildman–Crippen MR) is 112 cm³/mol. The number of ether oxygens (including phenoxy) is 1. The molecular formula is C24H24O2S.